The molecule has 1 aliphatic rings. The van der Waals surface area contributed by atoms with Crippen molar-refractivity contribution < 1.29 is 13.9 Å². The highest BCUT2D eigenvalue weighted by atomic mass is 16.5. The number of anilines is 1. The number of esters is 1. The Labute approximate surface area is 159 Å². The average molecular weight is 364 g/mol. The van der Waals surface area contributed by atoms with Gasteiger partial charge in [0, 0.05) is 37.3 Å². The van der Waals surface area contributed by atoms with Gasteiger partial charge in [0.2, 0.25) is 0 Å². The number of hydrogen-bond acceptors (Lipinski definition) is 5. The fraction of sp³-hybridized carbons (Fsp3) is 0.318. The van der Waals surface area contributed by atoms with Crippen LogP contribution >= 0.6 is 0 Å². The quantitative estimate of drug-likeness (QED) is 0.642. The molecular weight excluding hydrogens is 340 g/mol. The lowest BCUT2D eigenvalue weighted by Crippen LogP contribution is -2.46. The van der Waals surface area contributed by atoms with E-state index >= 15 is 0 Å². The number of fused-ring (bicyclic) bond motifs is 1. The van der Waals surface area contributed by atoms with Gasteiger partial charge in [-0.2, -0.15) is 0 Å². The predicted octanol–water partition coefficient (Wildman–Crippen LogP) is 3.93. The fourth-order valence-corrected chi connectivity index (χ4v) is 3.64. The molecule has 5 nitrogen and oxygen atoms in total. The third-order valence-electron chi connectivity index (χ3n) is 5.01. The molecule has 0 aliphatic carbocycles. The molecule has 1 aliphatic heterocycles. The fourth-order valence-electron chi connectivity index (χ4n) is 3.64. The van der Waals surface area contributed by atoms with Crippen LogP contribution in [0.25, 0.3) is 11.0 Å². The Hall–Kier alpha value is -2.79. The number of ether oxygens (including phenoxy) is 1. The van der Waals surface area contributed by atoms with Gasteiger partial charge in [-0.05, 0) is 25.1 Å². The van der Waals surface area contributed by atoms with Gasteiger partial charge >= 0.3 is 5.97 Å². The maximum absolute atomic E-state index is 12.5. The molecule has 1 saturated heterocycles. The van der Waals surface area contributed by atoms with E-state index in [4.69, 9.17) is 9.15 Å². The first-order valence-electron chi connectivity index (χ1n) is 9.46. The number of nitrogens with zero attached hydrogens (tertiary/aromatic N) is 2. The number of carbonyl (C=O) groups excluding carboxylic acids is 1. The molecule has 4 rings (SSSR count). The number of rotatable bonds is 5. The first-order valence-corrected chi connectivity index (χ1v) is 9.46. The maximum atomic E-state index is 12.5. The third-order valence-corrected chi connectivity index (χ3v) is 5.01. The normalized spacial score (nSPS) is 15.2. The summed E-state index contributed by atoms with van der Waals surface area (Å²) in [7, 11) is 0. The molecule has 0 unspecified atom stereocenters. The molecule has 1 aromatic heterocycles. The summed E-state index contributed by atoms with van der Waals surface area (Å²) in [5.74, 6) is 0.392. The summed E-state index contributed by atoms with van der Waals surface area (Å²) in [6.07, 6.45) is 0. The minimum absolute atomic E-state index is 0.305. The van der Waals surface area contributed by atoms with E-state index < -0.39 is 0 Å². The first kappa shape index (κ1) is 17.6. The van der Waals surface area contributed by atoms with Gasteiger partial charge in [0.1, 0.15) is 16.9 Å². The average Bonchev–Trinajstić information content (AvgIpc) is 3.07. The van der Waals surface area contributed by atoms with Crippen LogP contribution in [0.15, 0.2) is 59.0 Å². The van der Waals surface area contributed by atoms with E-state index in [2.05, 4.69) is 34.1 Å². The summed E-state index contributed by atoms with van der Waals surface area (Å²) < 4.78 is 11.3. The minimum atomic E-state index is -0.305. The first-order chi connectivity index (χ1) is 13.3. The summed E-state index contributed by atoms with van der Waals surface area (Å²) in [6.45, 7) is 6.56. The molecule has 27 heavy (non-hydrogen) atoms. The summed E-state index contributed by atoms with van der Waals surface area (Å²) in [6, 6.07) is 18.1. The Balaban J connectivity index is 1.51. The van der Waals surface area contributed by atoms with Crippen molar-refractivity contribution in [2.75, 3.05) is 37.7 Å². The van der Waals surface area contributed by atoms with Crippen molar-refractivity contribution in [3.05, 3.63) is 65.9 Å². The number of para-hydroxylation sites is 2. The van der Waals surface area contributed by atoms with Crippen LogP contribution in [-0.2, 0) is 11.3 Å². The number of benzene rings is 2. The van der Waals surface area contributed by atoms with E-state index in [0.717, 1.165) is 37.1 Å². The van der Waals surface area contributed by atoms with Gasteiger partial charge < -0.3 is 14.1 Å². The van der Waals surface area contributed by atoms with Gasteiger partial charge in [-0.15, -0.1) is 0 Å². The Morgan fingerprint density at radius 3 is 2.44 bits per heavy atom. The lowest BCUT2D eigenvalue weighted by atomic mass is 10.1. The van der Waals surface area contributed by atoms with Gasteiger partial charge in [-0.25, -0.2) is 4.79 Å². The van der Waals surface area contributed by atoms with Crippen LogP contribution in [-0.4, -0.2) is 43.7 Å². The van der Waals surface area contributed by atoms with Crippen LogP contribution in [0.2, 0.25) is 0 Å². The topological polar surface area (TPSA) is 45.9 Å². The monoisotopic (exact) mass is 364 g/mol. The van der Waals surface area contributed by atoms with Crippen LogP contribution in [0.1, 0.15) is 23.0 Å². The standard InChI is InChI=1S/C22H24N2O3/c1-2-26-22(25)21-18-10-6-7-11-19(18)27-20(21)16-23-12-14-24(15-13-23)17-8-4-3-5-9-17/h3-11H,2,12-16H2,1H3. The molecule has 0 radical (unpaired) electrons. The van der Waals surface area contributed by atoms with E-state index in [1.54, 1.807) is 0 Å². The van der Waals surface area contributed by atoms with Crippen molar-refractivity contribution in [1.82, 2.24) is 4.90 Å². The van der Waals surface area contributed by atoms with Gasteiger partial charge in [-0.3, -0.25) is 4.90 Å². The van der Waals surface area contributed by atoms with Crippen LogP contribution in [0.4, 0.5) is 5.69 Å². The molecule has 0 saturated carbocycles. The highest BCUT2D eigenvalue weighted by Crippen LogP contribution is 2.28. The SMILES string of the molecule is CCOC(=O)c1c(CN2CCN(c3ccccc3)CC2)oc2ccccc12. The summed E-state index contributed by atoms with van der Waals surface area (Å²) in [5, 5.41) is 0.828. The smallest absolute Gasteiger partial charge is 0.342 e. The maximum Gasteiger partial charge on any atom is 0.342 e. The molecule has 2 aromatic carbocycles. The van der Waals surface area contributed by atoms with Crippen molar-refractivity contribution in [2.24, 2.45) is 0 Å². The second kappa shape index (κ2) is 7.84. The third kappa shape index (κ3) is 3.69. The molecule has 0 bridgehead atoms. The predicted molar refractivity (Wildman–Crippen MR) is 106 cm³/mol. The van der Waals surface area contributed by atoms with Crippen molar-refractivity contribution >= 4 is 22.6 Å². The number of furan rings is 1. The van der Waals surface area contributed by atoms with Crippen LogP contribution in [0, 0.1) is 0 Å². The van der Waals surface area contributed by atoms with E-state index in [0.29, 0.717) is 24.5 Å². The van der Waals surface area contributed by atoms with Crippen LogP contribution in [0.3, 0.4) is 0 Å². The Morgan fingerprint density at radius 2 is 1.70 bits per heavy atom. The summed E-state index contributed by atoms with van der Waals surface area (Å²) in [5.41, 5.74) is 2.56. The lowest BCUT2D eigenvalue weighted by molar-refractivity contribution is 0.0524. The van der Waals surface area contributed by atoms with Gasteiger partial charge in [0.15, 0.2) is 0 Å². The zero-order valence-electron chi connectivity index (χ0n) is 15.6. The van der Waals surface area contributed by atoms with E-state index in [1.807, 2.05) is 37.3 Å². The second-order valence-electron chi connectivity index (χ2n) is 6.72. The summed E-state index contributed by atoms with van der Waals surface area (Å²) >= 11 is 0. The minimum Gasteiger partial charge on any atom is -0.462 e. The van der Waals surface area contributed by atoms with Crippen LogP contribution in [0.5, 0.6) is 0 Å². The molecule has 0 atom stereocenters. The zero-order valence-corrected chi connectivity index (χ0v) is 15.6. The van der Waals surface area contributed by atoms with E-state index in [-0.39, 0.29) is 5.97 Å². The molecule has 140 valence electrons. The van der Waals surface area contributed by atoms with E-state index in [9.17, 15) is 4.79 Å². The molecule has 0 amide bonds. The van der Waals surface area contributed by atoms with E-state index in [1.165, 1.54) is 5.69 Å². The zero-order chi connectivity index (χ0) is 18.6. The molecule has 1 fully saturated rings. The molecule has 2 heterocycles. The Morgan fingerprint density at radius 1 is 1.00 bits per heavy atom. The molecule has 0 N–H and O–H groups in total. The number of hydrogen-bond donors (Lipinski definition) is 0. The van der Waals surface area contributed by atoms with Crippen molar-refractivity contribution in [2.45, 2.75) is 13.5 Å². The van der Waals surface area contributed by atoms with Crippen molar-refractivity contribution in [3.8, 4) is 0 Å². The summed E-state index contributed by atoms with van der Waals surface area (Å²) in [4.78, 5) is 17.2. The second-order valence-corrected chi connectivity index (χ2v) is 6.72. The van der Waals surface area contributed by atoms with Gasteiger partial charge in [0.05, 0.1) is 13.2 Å². The molecule has 5 heteroatoms. The van der Waals surface area contributed by atoms with Crippen molar-refractivity contribution in [3.63, 3.8) is 0 Å². The largest absolute Gasteiger partial charge is 0.462 e. The Bertz CT molecular complexity index is 912. The van der Waals surface area contributed by atoms with Gasteiger partial charge in [-0.1, -0.05) is 36.4 Å². The highest BCUT2D eigenvalue weighted by Gasteiger charge is 2.25. The van der Waals surface area contributed by atoms with Crippen molar-refractivity contribution in [1.29, 1.82) is 0 Å². The van der Waals surface area contributed by atoms with Crippen LogP contribution < -0.4 is 4.90 Å². The number of piperazine rings is 1. The lowest BCUT2D eigenvalue weighted by Gasteiger charge is -2.35. The molecule has 0 spiro atoms. The highest BCUT2D eigenvalue weighted by molar-refractivity contribution is 6.04. The Kier molecular flexibility index (Phi) is 5.12. The number of carbonyl (C=O) groups is 1. The molecule has 3 aromatic rings. The van der Waals surface area contributed by atoms with Gasteiger partial charge in [0.25, 0.3) is 0 Å². The molecular formula is C22H24N2O3.